The Labute approximate surface area is 135 Å². The maximum absolute atomic E-state index is 5.80. The number of guanidine groups is 1. The number of halogens is 1. The molecule has 1 aromatic heterocycles. The van der Waals surface area contributed by atoms with Crippen LogP contribution in [0.4, 0.5) is 0 Å². The van der Waals surface area contributed by atoms with Crippen LogP contribution in [0.25, 0.3) is 0 Å². The van der Waals surface area contributed by atoms with E-state index in [-0.39, 0.29) is 24.0 Å². The van der Waals surface area contributed by atoms with E-state index in [0.29, 0.717) is 12.5 Å². The molecular weight excluding hydrogens is 369 g/mol. The monoisotopic (exact) mass is 387 g/mol. The minimum atomic E-state index is 0. The zero-order valence-corrected chi connectivity index (χ0v) is 13.7. The first kappa shape index (κ1) is 16.0. The number of thiophene rings is 1. The Kier molecular flexibility index (Phi) is 7.50. The number of hydrogen-bond donors (Lipinski definition) is 2. The van der Waals surface area contributed by atoms with Crippen molar-refractivity contribution in [3.8, 4) is 0 Å². The summed E-state index contributed by atoms with van der Waals surface area (Å²) in [6.07, 6.45) is 0.954. The smallest absolute Gasteiger partial charge is 0.188 e. The van der Waals surface area contributed by atoms with E-state index in [1.165, 1.54) is 11.1 Å². The van der Waals surface area contributed by atoms with Gasteiger partial charge in [0.25, 0.3) is 0 Å². The van der Waals surface area contributed by atoms with Gasteiger partial charge in [0.1, 0.15) is 0 Å². The van der Waals surface area contributed by atoms with Crippen LogP contribution in [0.1, 0.15) is 11.1 Å². The molecule has 0 unspecified atom stereocenters. The van der Waals surface area contributed by atoms with E-state index in [2.05, 4.69) is 33.9 Å². The largest absolute Gasteiger partial charge is 0.370 e. The number of nitrogens with one attached hydrogen (secondary N) is 1. The second kappa shape index (κ2) is 8.92. The van der Waals surface area contributed by atoms with Crippen molar-refractivity contribution in [2.75, 3.05) is 6.54 Å². The fourth-order valence-electron chi connectivity index (χ4n) is 1.59. The van der Waals surface area contributed by atoms with Crippen molar-refractivity contribution < 1.29 is 0 Å². The molecular formula is C14H18IN3S. The quantitative estimate of drug-likeness (QED) is 0.471. The van der Waals surface area contributed by atoms with Gasteiger partial charge in [-0.05, 0) is 34.4 Å². The van der Waals surface area contributed by atoms with Crippen molar-refractivity contribution in [2.45, 2.75) is 13.0 Å². The number of benzene rings is 1. The zero-order valence-electron chi connectivity index (χ0n) is 10.6. The Bertz CT molecular complexity index is 483. The van der Waals surface area contributed by atoms with Crippen molar-refractivity contribution in [3.63, 3.8) is 0 Å². The topological polar surface area (TPSA) is 50.4 Å². The molecule has 0 radical (unpaired) electrons. The summed E-state index contributed by atoms with van der Waals surface area (Å²) in [4.78, 5) is 4.29. The highest BCUT2D eigenvalue weighted by atomic mass is 127. The van der Waals surface area contributed by atoms with E-state index in [0.717, 1.165) is 13.0 Å². The molecule has 3 N–H and O–H groups in total. The standard InChI is InChI=1S/C14H17N3S.HI/c15-14(17-10-13-7-9-18-11-13)16-8-6-12-4-2-1-3-5-12;/h1-5,7,9,11H,6,8,10H2,(H3,15,16,17);1H. The van der Waals surface area contributed by atoms with Crippen molar-refractivity contribution in [1.82, 2.24) is 5.32 Å². The van der Waals surface area contributed by atoms with E-state index < -0.39 is 0 Å². The summed E-state index contributed by atoms with van der Waals surface area (Å²) >= 11 is 1.68. The summed E-state index contributed by atoms with van der Waals surface area (Å²) in [6, 6.07) is 12.4. The van der Waals surface area contributed by atoms with Gasteiger partial charge in [0.2, 0.25) is 0 Å². The second-order valence-electron chi connectivity index (χ2n) is 4.00. The molecule has 0 amide bonds. The third kappa shape index (κ3) is 6.07. The lowest BCUT2D eigenvalue weighted by molar-refractivity contribution is 0.848. The van der Waals surface area contributed by atoms with Crippen LogP contribution in [-0.4, -0.2) is 12.5 Å². The summed E-state index contributed by atoms with van der Waals surface area (Å²) in [7, 11) is 0. The summed E-state index contributed by atoms with van der Waals surface area (Å²) in [5.41, 5.74) is 8.30. The van der Waals surface area contributed by atoms with Gasteiger partial charge in [-0.3, -0.25) is 0 Å². The molecule has 0 aliphatic rings. The van der Waals surface area contributed by atoms with Crippen molar-refractivity contribution >= 4 is 41.3 Å². The van der Waals surface area contributed by atoms with E-state index in [1.54, 1.807) is 11.3 Å². The van der Waals surface area contributed by atoms with Crippen LogP contribution in [0.3, 0.4) is 0 Å². The lowest BCUT2D eigenvalue weighted by Crippen LogP contribution is -2.33. The van der Waals surface area contributed by atoms with Gasteiger partial charge >= 0.3 is 0 Å². The van der Waals surface area contributed by atoms with Crippen LogP contribution in [0.5, 0.6) is 0 Å². The number of rotatable bonds is 5. The Morgan fingerprint density at radius 3 is 2.63 bits per heavy atom. The molecule has 2 aromatic rings. The average Bonchev–Trinajstić information content (AvgIpc) is 2.91. The molecule has 0 saturated carbocycles. The van der Waals surface area contributed by atoms with Crippen LogP contribution in [0.15, 0.2) is 52.2 Å². The predicted molar refractivity (Wildman–Crippen MR) is 93.2 cm³/mol. The van der Waals surface area contributed by atoms with E-state index >= 15 is 0 Å². The molecule has 0 bridgehead atoms. The fraction of sp³-hybridized carbons (Fsp3) is 0.214. The predicted octanol–water partition coefficient (Wildman–Crippen LogP) is 3.01. The molecule has 0 saturated heterocycles. The lowest BCUT2D eigenvalue weighted by atomic mass is 10.1. The van der Waals surface area contributed by atoms with Gasteiger partial charge in [0.05, 0.1) is 6.54 Å². The van der Waals surface area contributed by atoms with Crippen molar-refractivity contribution in [1.29, 1.82) is 0 Å². The minimum Gasteiger partial charge on any atom is -0.370 e. The van der Waals surface area contributed by atoms with E-state index in [4.69, 9.17) is 5.73 Å². The number of nitrogens with zero attached hydrogens (tertiary/aromatic N) is 1. The maximum Gasteiger partial charge on any atom is 0.188 e. The lowest BCUT2D eigenvalue weighted by Gasteiger charge is -2.05. The van der Waals surface area contributed by atoms with Gasteiger partial charge < -0.3 is 11.1 Å². The maximum atomic E-state index is 5.80. The van der Waals surface area contributed by atoms with Gasteiger partial charge in [0, 0.05) is 6.54 Å². The third-order valence-electron chi connectivity index (χ3n) is 2.57. The zero-order chi connectivity index (χ0) is 12.6. The summed E-state index contributed by atoms with van der Waals surface area (Å²) in [6.45, 7) is 1.46. The van der Waals surface area contributed by atoms with Crippen molar-refractivity contribution in [3.05, 3.63) is 58.3 Å². The highest BCUT2D eigenvalue weighted by Gasteiger charge is 1.95. The normalized spacial score (nSPS) is 10.8. The number of hydrogen-bond acceptors (Lipinski definition) is 2. The highest BCUT2D eigenvalue weighted by molar-refractivity contribution is 14.0. The van der Waals surface area contributed by atoms with Crippen LogP contribution in [0.2, 0.25) is 0 Å². The molecule has 3 nitrogen and oxygen atoms in total. The first-order valence-corrected chi connectivity index (χ1v) is 6.87. The Morgan fingerprint density at radius 2 is 1.95 bits per heavy atom. The first-order chi connectivity index (χ1) is 8.84. The average molecular weight is 387 g/mol. The Hall–Kier alpha value is -1.08. The van der Waals surface area contributed by atoms with Crippen LogP contribution in [-0.2, 0) is 13.0 Å². The summed E-state index contributed by atoms with van der Waals surface area (Å²) in [5.74, 6) is 0.511. The first-order valence-electron chi connectivity index (χ1n) is 5.93. The molecule has 0 aliphatic carbocycles. The molecule has 0 aliphatic heterocycles. The fourth-order valence-corrected chi connectivity index (χ4v) is 2.25. The van der Waals surface area contributed by atoms with Crippen LogP contribution in [0, 0.1) is 0 Å². The molecule has 0 spiro atoms. The summed E-state index contributed by atoms with van der Waals surface area (Å²) in [5, 5.41) is 7.25. The van der Waals surface area contributed by atoms with Gasteiger partial charge in [0.15, 0.2) is 5.96 Å². The Morgan fingerprint density at radius 1 is 1.16 bits per heavy atom. The van der Waals surface area contributed by atoms with E-state index in [9.17, 15) is 0 Å². The molecule has 5 heteroatoms. The minimum absolute atomic E-state index is 0. The SMILES string of the molecule is I.NC(=NCc1ccsc1)NCCc1ccccc1. The summed E-state index contributed by atoms with van der Waals surface area (Å²) < 4.78 is 0. The second-order valence-corrected chi connectivity index (χ2v) is 4.78. The van der Waals surface area contributed by atoms with Gasteiger partial charge in [-0.25, -0.2) is 4.99 Å². The van der Waals surface area contributed by atoms with Gasteiger partial charge in [-0.1, -0.05) is 30.3 Å². The molecule has 0 atom stereocenters. The van der Waals surface area contributed by atoms with Gasteiger partial charge in [-0.15, -0.1) is 24.0 Å². The third-order valence-corrected chi connectivity index (χ3v) is 3.31. The van der Waals surface area contributed by atoms with E-state index in [1.807, 2.05) is 23.6 Å². The van der Waals surface area contributed by atoms with Gasteiger partial charge in [-0.2, -0.15) is 11.3 Å². The molecule has 19 heavy (non-hydrogen) atoms. The molecule has 2 rings (SSSR count). The molecule has 1 heterocycles. The highest BCUT2D eigenvalue weighted by Crippen LogP contribution is 2.06. The molecule has 0 fully saturated rings. The molecule has 102 valence electrons. The number of nitrogens with two attached hydrogens (primary N) is 1. The Balaban J connectivity index is 0.00000180. The van der Waals surface area contributed by atoms with Crippen molar-refractivity contribution in [2.24, 2.45) is 10.7 Å². The molecule has 1 aromatic carbocycles. The van der Waals surface area contributed by atoms with Crippen LogP contribution >= 0.6 is 35.3 Å². The number of aliphatic imine (C=N–C) groups is 1. The van der Waals surface area contributed by atoms with Crippen LogP contribution < -0.4 is 11.1 Å².